The number of nitrogens with zero attached hydrogens (tertiary/aromatic N) is 6. The summed E-state index contributed by atoms with van der Waals surface area (Å²) < 4.78 is 5.21. The van der Waals surface area contributed by atoms with Crippen molar-refractivity contribution in [2.75, 3.05) is 24.7 Å². The molecule has 1 aliphatic rings. The molecular formula is C28H36N8O4S2. The van der Waals surface area contributed by atoms with Crippen molar-refractivity contribution in [3.63, 3.8) is 0 Å². The number of hydrogen-bond donors (Lipinski definition) is 2. The molecule has 4 rings (SSSR count). The molecule has 0 radical (unpaired) electrons. The van der Waals surface area contributed by atoms with E-state index in [1.807, 2.05) is 30.2 Å². The SMILES string of the molecule is CSc1ccccc1[C@H]1CCCN1C(=O)CN(Cc1nnc(C)s1)C(=O)NCc1cnc(NC(=O)OC(C)(C)C)nc1. The predicted octanol–water partition coefficient (Wildman–Crippen LogP) is 4.78. The van der Waals surface area contributed by atoms with E-state index in [0.29, 0.717) is 17.1 Å². The normalized spacial score (nSPS) is 14.9. The van der Waals surface area contributed by atoms with E-state index < -0.39 is 17.7 Å². The molecule has 3 aromatic rings. The number of thioether (sulfide) groups is 1. The van der Waals surface area contributed by atoms with E-state index in [-0.39, 0.29) is 37.5 Å². The van der Waals surface area contributed by atoms with Crippen LogP contribution in [-0.4, -0.2) is 72.9 Å². The van der Waals surface area contributed by atoms with Crippen molar-refractivity contribution in [3.8, 4) is 0 Å². The van der Waals surface area contributed by atoms with Gasteiger partial charge >= 0.3 is 12.1 Å². The van der Waals surface area contributed by atoms with Gasteiger partial charge in [0.05, 0.1) is 12.6 Å². The average Bonchev–Trinajstić information content (AvgIpc) is 3.60. The molecule has 0 unspecified atom stereocenters. The second kappa shape index (κ2) is 13.9. The number of carbonyl (C=O) groups is 3. The summed E-state index contributed by atoms with van der Waals surface area (Å²) in [5.74, 6) is -0.0351. The number of aryl methyl sites for hydroxylation is 1. The standard InChI is InChI=1S/C28H36N8O4S2/c1-18-33-34-23(42-18)16-35(17-24(37)36-12-8-10-21(36)20-9-6-7-11-22(20)41-5)26(38)31-15-19-13-29-25(30-14-19)32-27(39)40-28(2,3)4/h6-7,9,11,13-14,21H,8,10,12,15-17H2,1-5H3,(H,31,38)(H,29,30,32,39)/t21-/m1/s1. The number of carbonyl (C=O) groups excluding carboxylic acids is 3. The number of amides is 4. The Morgan fingerprint density at radius 3 is 2.57 bits per heavy atom. The van der Waals surface area contributed by atoms with E-state index in [0.717, 1.165) is 28.3 Å². The summed E-state index contributed by atoms with van der Waals surface area (Å²) in [6, 6.07) is 7.70. The van der Waals surface area contributed by atoms with Gasteiger partial charge in [-0.2, -0.15) is 0 Å². The zero-order chi connectivity index (χ0) is 30.3. The highest BCUT2D eigenvalue weighted by atomic mass is 32.2. The minimum atomic E-state index is -0.659. The van der Waals surface area contributed by atoms with Crippen molar-refractivity contribution in [2.24, 2.45) is 0 Å². The molecule has 1 atom stereocenters. The van der Waals surface area contributed by atoms with Gasteiger partial charge in [-0.25, -0.2) is 19.6 Å². The number of anilines is 1. The minimum Gasteiger partial charge on any atom is -0.444 e. The lowest BCUT2D eigenvalue weighted by molar-refractivity contribution is -0.132. The number of rotatable bonds is 9. The fourth-order valence-electron chi connectivity index (χ4n) is 4.54. The third-order valence-corrected chi connectivity index (χ3v) is 7.98. The van der Waals surface area contributed by atoms with E-state index >= 15 is 0 Å². The molecule has 1 aromatic carbocycles. The average molecular weight is 613 g/mol. The van der Waals surface area contributed by atoms with Crippen LogP contribution in [0.4, 0.5) is 15.5 Å². The first-order valence-corrected chi connectivity index (χ1v) is 15.6. The summed E-state index contributed by atoms with van der Waals surface area (Å²) in [6.07, 6.45) is 6.16. The molecule has 1 fully saturated rings. The van der Waals surface area contributed by atoms with Gasteiger partial charge in [0.1, 0.15) is 22.2 Å². The fourth-order valence-corrected chi connectivity index (χ4v) is 5.92. The van der Waals surface area contributed by atoms with Crippen LogP contribution in [0.5, 0.6) is 0 Å². The smallest absolute Gasteiger partial charge is 0.414 e. The molecule has 42 heavy (non-hydrogen) atoms. The Morgan fingerprint density at radius 1 is 1.17 bits per heavy atom. The highest BCUT2D eigenvalue weighted by Gasteiger charge is 2.33. The Bertz CT molecular complexity index is 1390. The Labute approximate surface area is 253 Å². The Morgan fingerprint density at radius 2 is 1.90 bits per heavy atom. The van der Waals surface area contributed by atoms with Crippen molar-refractivity contribution >= 4 is 47.1 Å². The molecule has 2 aromatic heterocycles. The van der Waals surface area contributed by atoms with Gasteiger partial charge in [-0.3, -0.25) is 10.1 Å². The molecule has 0 aliphatic carbocycles. The summed E-state index contributed by atoms with van der Waals surface area (Å²) in [5.41, 5.74) is 1.10. The van der Waals surface area contributed by atoms with Crippen LogP contribution in [0, 0.1) is 6.92 Å². The van der Waals surface area contributed by atoms with E-state index in [2.05, 4.69) is 42.9 Å². The van der Waals surface area contributed by atoms with Gasteiger partial charge in [0, 0.05) is 35.9 Å². The van der Waals surface area contributed by atoms with Crippen molar-refractivity contribution in [2.45, 2.75) is 70.2 Å². The Balaban J connectivity index is 1.41. The maximum absolute atomic E-state index is 13.6. The van der Waals surface area contributed by atoms with Gasteiger partial charge in [0.25, 0.3) is 0 Å². The number of ether oxygens (including phenoxy) is 1. The lowest BCUT2D eigenvalue weighted by Gasteiger charge is -2.29. The molecule has 2 N–H and O–H groups in total. The summed E-state index contributed by atoms with van der Waals surface area (Å²) in [7, 11) is 0. The number of urea groups is 1. The van der Waals surface area contributed by atoms with Crippen LogP contribution in [0.2, 0.25) is 0 Å². The number of hydrogen-bond acceptors (Lipinski definition) is 10. The van der Waals surface area contributed by atoms with Gasteiger partial charge in [0.2, 0.25) is 11.9 Å². The summed E-state index contributed by atoms with van der Waals surface area (Å²) in [5, 5.41) is 15.0. The second-order valence-corrected chi connectivity index (χ2v) is 12.9. The van der Waals surface area contributed by atoms with Crippen LogP contribution < -0.4 is 10.6 Å². The van der Waals surface area contributed by atoms with E-state index in [1.54, 1.807) is 32.5 Å². The molecule has 0 bridgehead atoms. The predicted molar refractivity (Wildman–Crippen MR) is 161 cm³/mol. The highest BCUT2D eigenvalue weighted by Crippen LogP contribution is 2.36. The Hall–Kier alpha value is -3.78. The first kappa shape index (κ1) is 31.2. The molecule has 0 saturated carbocycles. The molecule has 1 aliphatic heterocycles. The fraction of sp³-hybridized carbons (Fsp3) is 0.464. The topological polar surface area (TPSA) is 143 Å². The van der Waals surface area contributed by atoms with Crippen molar-refractivity contribution in [1.82, 2.24) is 35.3 Å². The number of aromatic nitrogens is 4. The van der Waals surface area contributed by atoms with Crippen LogP contribution in [0.15, 0.2) is 41.6 Å². The molecular weight excluding hydrogens is 576 g/mol. The first-order valence-electron chi connectivity index (χ1n) is 13.6. The maximum atomic E-state index is 13.6. The number of likely N-dealkylation sites (tertiary alicyclic amines) is 1. The van der Waals surface area contributed by atoms with Crippen molar-refractivity contribution in [3.05, 3.63) is 57.8 Å². The quantitative estimate of drug-likeness (QED) is 0.326. The molecule has 3 heterocycles. The highest BCUT2D eigenvalue weighted by molar-refractivity contribution is 7.98. The van der Waals surface area contributed by atoms with Crippen molar-refractivity contribution in [1.29, 1.82) is 0 Å². The number of nitrogens with one attached hydrogen (secondary N) is 2. The van der Waals surface area contributed by atoms with Crippen LogP contribution in [0.1, 0.15) is 60.8 Å². The lowest BCUT2D eigenvalue weighted by atomic mass is 10.0. The van der Waals surface area contributed by atoms with Gasteiger partial charge in [-0.05, 0) is 58.4 Å². The molecule has 0 spiro atoms. The zero-order valence-corrected chi connectivity index (χ0v) is 26.0. The van der Waals surface area contributed by atoms with Crippen LogP contribution >= 0.6 is 23.1 Å². The third-order valence-electron chi connectivity index (χ3n) is 6.34. The van der Waals surface area contributed by atoms with E-state index in [9.17, 15) is 14.4 Å². The maximum Gasteiger partial charge on any atom is 0.414 e. The second-order valence-electron chi connectivity index (χ2n) is 10.8. The molecule has 14 heteroatoms. The van der Waals surface area contributed by atoms with Gasteiger partial charge in [0.15, 0.2) is 0 Å². The van der Waals surface area contributed by atoms with Crippen molar-refractivity contribution < 1.29 is 19.1 Å². The summed E-state index contributed by atoms with van der Waals surface area (Å²) in [6.45, 7) is 7.94. The summed E-state index contributed by atoms with van der Waals surface area (Å²) >= 11 is 3.05. The summed E-state index contributed by atoms with van der Waals surface area (Å²) in [4.78, 5) is 51.7. The van der Waals surface area contributed by atoms with Gasteiger partial charge in [-0.15, -0.1) is 22.0 Å². The van der Waals surface area contributed by atoms with Gasteiger partial charge < -0.3 is 19.9 Å². The van der Waals surface area contributed by atoms with E-state index in [1.165, 1.54) is 28.6 Å². The minimum absolute atomic E-state index is 0.0280. The molecule has 4 amide bonds. The molecule has 224 valence electrons. The zero-order valence-electron chi connectivity index (χ0n) is 24.4. The largest absolute Gasteiger partial charge is 0.444 e. The van der Waals surface area contributed by atoms with Crippen LogP contribution in [0.25, 0.3) is 0 Å². The third kappa shape index (κ3) is 8.61. The molecule has 1 saturated heterocycles. The molecule has 12 nitrogen and oxygen atoms in total. The monoisotopic (exact) mass is 612 g/mol. The van der Waals surface area contributed by atoms with E-state index in [4.69, 9.17) is 4.74 Å². The van der Waals surface area contributed by atoms with Gasteiger partial charge in [-0.1, -0.05) is 29.5 Å². The lowest BCUT2D eigenvalue weighted by Crippen LogP contribution is -2.46. The van der Waals surface area contributed by atoms with Crippen LogP contribution in [-0.2, 0) is 22.6 Å². The first-order chi connectivity index (χ1) is 20.0. The number of benzene rings is 1. The Kier molecular flexibility index (Phi) is 10.3. The van der Waals surface area contributed by atoms with Crippen LogP contribution in [0.3, 0.4) is 0 Å².